The van der Waals surface area contributed by atoms with Crippen molar-refractivity contribution in [3.8, 4) is 0 Å². The second kappa shape index (κ2) is 18.6. The summed E-state index contributed by atoms with van der Waals surface area (Å²) < 4.78 is 0. The van der Waals surface area contributed by atoms with Gasteiger partial charge in [0.2, 0.25) is 0 Å². The Morgan fingerprint density at radius 1 is 0.434 bits per heavy atom. The summed E-state index contributed by atoms with van der Waals surface area (Å²) in [6.45, 7) is 16.2. The van der Waals surface area contributed by atoms with E-state index in [9.17, 15) is 0 Å². The molecule has 0 aromatic heterocycles. The second-order valence-corrected chi connectivity index (χ2v) is 19.7. The van der Waals surface area contributed by atoms with Crippen molar-refractivity contribution in [3.05, 3.63) is 75.9 Å². The first-order chi connectivity index (χ1) is 22.7. The van der Waals surface area contributed by atoms with Gasteiger partial charge < -0.3 is 66.6 Å². The van der Waals surface area contributed by atoms with Crippen LogP contribution in [-0.2, 0) is 21.7 Å². The van der Waals surface area contributed by atoms with Crippen molar-refractivity contribution in [2.24, 2.45) is 0 Å². The molecule has 1 atom stereocenters. The molecule has 290 valence electrons. The average Bonchev–Trinajstić information content (AvgIpc) is 3.20. The molecule has 0 saturated carbocycles. The number of rotatable bonds is 10. The predicted molar refractivity (Wildman–Crippen MR) is 223 cm³/mol. The maximum atomic E-state index is 4.26. The zero-order chi connectivity index (χ0) is 37.1. The smallest absolute Gasteiger partial charge is 1.00 e. The average molecular weight is 834 g/mol. The number of aryl methyl sites for hydroxylation is 3. The molecule has 1 aliphatic carbocycles. The Hall–Kier alpha value is -2.26. The van der Waals surface area contributed by atoms with Crippen LogP contribution in [0.4, 0.5) is 34.1 Å². The minimum absolute atomic E-state index is 0. The topological polar surface area (TPSA) is 19.4 Å². The van der Waals surface area contributed by atoms with E-state index in [1.165, 1.54) is 83.1 Å². The van der Waals surface area contributed by atoms with Crippen LogP contribution in [0, 0.1) is 26.8 Å². The van der Waals surface area contributed by atoms with Crippen LogP contribution in [0.3, 0.4) is 0 Å². The molecule has 0 heterocycles. The standard InChI is InChI=1S/C42H63N6Si.3ClH.Ti/c1-27-20-23-33(39(46(14)15)36(27)43(8)9)49(42(7)26-30(4)31(5)32(42)6,34-24-21-28(2)37(44(10)11)40(34)47(16)17)35-25-22-29(3)38(45(12)13)41(35)48(18)19;;;;/h20-25H,1-19H3;3*1H;/q-1;;;;+4/p-3. The van der Waals surface area contributed by atoms with E-state index >= 15 is 0 Å². The Bertz CT molecular complexity index is 1670. The summed E-state index contributed by atoms with van der Waals surface area (Å²) in [6.07, 6.45) is 4.26. The molecule has 0 fully saturated rings. The molecule has 53 heavy (non-hydrogen) atoms. The fraction of sp³-hybridized carbons (Fsp3) is 0.476. The molecular formula is C42H63Cl3N6SiTi. The summed E-state index contributed by atoms with van der Waals surface area (Å²) in [6, 6.07) is 14.6. The van der Waals surface area contributed by atoms with Gasteiger partial charge in [0, 0.05) is 84.6 Å². The van der Waals surface area contributed by atoms with Gasteiger partial charge in [-0.05, 0) is 53.0 Å². The van der Waals surface area contributed by atoms with E-state index in [1.54, 1.807) is 0 Å². The molecule has 11 heteroatoms. The molecule has 4 rings (SSSR count). The molecule has 3 aromatic rings. The van der Waals surface area contributed by atoms with E-state index in [1.807, 2.05) is 0 Å². The van der Waals surface area contributed by atoms with Gasteiger partial charge in [0.25, 0.3) is 0 Å². The van der Waals surface area contributed by atoms with Crippen LogP contribution < -0.4 is 82.2 Å². The number of hydrogen-bond acceptors (Lipinski definition) is 6. The summed E-state index contributed by atoms with van der Waals surface area (Å²) in [4.78, 5) is 14.0. The summed E-state index contributed by atoms with van der Waals surface area (Å²) in [7, 11) is 23.2. The summed E-state index contributed by atoms with van der Waals surface area (Å²) in [5.74, 6) is 0. The molecule has 3 aromatic carbocycles. The minimum Gasteiger partial charge on any atom is -1.00 e. The first-order valence-electron chi connectivity index (χ1n) is 17.4. The third-order valence-electron chi connectivity index (χ3n) is 11.0. The predicted octanol–water partition coefficient (Wildman–Crippen LogP) is -2.65. The number of hydrogen-bond donors (Lipinski definition) is 0. The molecule has 6 nitrogen and oxygen atoms in total. The van der Waals surface area contributed by atoms with E-state index in [0.29, 0.717) is 0 Å². The van der Waals surface area contributed by atoms with Crippen molar-refractivity contribution in [3.63, 3.8) is 0 Å². The zero-order valence-electron chi connectivity index (χ0n) is 35.8. The number of benzene rings is 3. The van der Waals surface area contributed by atoms with Crippen LogP contribution in [0.2, 0.25) is 5.04 Å². The van der Waals surface area contributed by atoms with Crippen LogP contribution in [0.1, 0.15) is 44.4 Å². The van der Waals surface area contributed by atoms with Crippen molar-refractivity contribution in [2.75, 3.05) is 114 Å². The number of halogens is 3. The largest absolute Gasteiger partial charge is 4.00 e. The monoisotopic (exact) mass is 832 g/mol. The van der Waals surface area contributed by atoms with Gasteiger partial charge in [-0.1, -0.05) is 62.2 Å². The van der Waals surface area contributed by atoms with Crippen LogP contribution in [-0.4, -0.2) is 92.6 Å². The van der Waals surface area contributed by atoms with Crippen molar-refractivity contribution >= 4 is 57.8 Å². The van der Waals surface area contributed by atoms with Gasteiger partial charge in [-0.15, -0.1) is 6.92 Å². The summed E-state index contributed by atoms with van der Waals surface area (Å²) >= 11 is 0. The number of allylic oxidation sites excluding steroid dienone is 4. The Morgan fingerprint density at radius 2 is 0.679 bits per heavy atom. The third kappa shape index (κ3) is 8.04. The Morgan fingerprint density at radius 3 is 0.868 bits per heavy atom. The molecule has 1 unspecified atom stereocenters. The molecule has 0 bridgehead atoms. The van der Waals surface area contributed by atoms with Gasteiger partial charge in [-0.3, -0.25) is 6.08 Å². The van der Waals surface area contributed by atoms with Gasteiger partial charge in [-0.25, -0.2) is 5.57 Å². The van der Waals surface area contributed by atoms with Crippen molar-refractivity contribution < 1.29 is 58.9 Å². The molecule has 0 N–H and O–H groups in total. The van der Waals surface area contributed by atoms with Crippen LogP contribution in [0.15, 0.2) is 53.1 Å². The van der Waals surface area contributed by atoms with Gasteiger partial charge >= 0.3 is 21.7 Å². The fourth-order valence-corrected chi connectivity index (χ4v) is 15.5. The molecule has 0 amide bonds. The molecule has 0 spiro atoms. The van der Waals surface area contributed by atoms with E-state index in [4.69, 9.17) is 0 Å². The fourth-order valence-electron chi connectivity index (χ4n) is 8.84. The van der Waals surface area contributed by atoms with Crippen LogP contribution in [0.25, 0.3) is 0 Å². The van der Waals surface area contributed by atoms with Gasteiger partial charge in [-0.2, -0.15) is 11.1 Å². The van der Waals surface area contributed by atoms with Gasteiger partial charge in [0.15, 0.2) is 8.07 Å². The zero-order valence-corrected chi connectivity index (χ0v) is 40.6. The van der Waals surface area contributed by atoms with Crippen molar-refractivity contribution in [2.45, 2.75) is 53.5 Å². The molecule has 0 saturated heterocycles. The van der Waals surface area contributed by atoms with E-state index in [2.05, 4.69) is 205 Å². The van der Waals surface area contributed by atoms with Gasteiger partial charge in [0.1, 0.15) is 0 Å². The third-order valence-corrected chi connectivity index (χ3v) is 16.7. The maximum absolute atomic E-state index is 4.26. The first kappa shape index (κ1) is 50.7. The Kier molecular flexibility index (Phi) is 17.8. The second-order valence-electron chi connectivity index (χ2n) is 15.6. The minimum atomic E-state index is -3.28. The SMILES string of the molecule is CC1=[C-]C(C)([Si](c2ccc(C)c(N(C)C)c2N(C)C)(c2ccc(C)c(N(C)C)c2N(C)C)c2ccc(C)c(N(C)C)c2N(C)C)C(C)=C1C.[Cl-].[Cl-].[Cl-].[Ti+4]. The first-order valence-corrected chi connectivity index (χ1v) is 19.4. The summed E-state index contributed by atoms with van der Waals surface area (Å²) in [5.41, 5.74) is 15.4. The maximum Gasteiger partial charge on any atom is 4.00 e. The summed E-state index contributed by atoms with van der Waals surface area (Å²) in [5, 5.41) is 3.77. The van der Waals surface area contributed by atoms with Crippen molar-refractivity contribution in [1.29, 1.82) is 0 Å². The van der Waals surface area contributed by atoms with Crippen LogP contribution >= 0.6 is 0 Å². The van der Waals surface area contributed by atoms with E-state index in [-0.39, 0.29) is 58.9 Å². The quantitative estimate of drug-likeness (QED) is 0.126. The molecule has 0 radical (unpaired) electrons. The van der Waals surface area contributed by atoms with E-state index < -0.39 is 13.1 Å². The van der Waals surface area contributed by atoms with Crippen molar-refractivity contribution in [1.82, 2.24) is 0 Å². The van der Waals surface area contributed by atoms with Gasteiger partial charge in [0.05, 0.1) is 34.1 Å². The molecule has 0 aliphatic heterocycles. The van der Waals surface area contributed by atoms with E-state index in [0.717, 1.165) is 0 Å². The Labute approximate surface area is 357 Å². The molecule has 1 aliphatic rings. The normalized spacial score (nSPS) is 15.0. The van der Waals surface area contributed by atoms with Crippen LogP contribution in [0.5, 0.6) is 0 Å². The molecular weight excluding hydrogens is 771 g/mol. The number of nitrogens with zero attached hydrogens (tertiary/aromatic N) is 6. The number of anilines is 6. The Balaban J connectivity index is 0.00000676.